The molecule has 1 atom stereocenters. The quantitative estimate of drug-likeness (QED) is 0.719. The predicted octanol–water partition coefficient (Wildman–Crippen LogP) is 4.63. The second kappa shape index (κ2) is 8.49. The average Bonchev–Trinajstić information content (AvgIpc) is 2.54. The highest BCUT2D eigenvalue weighted by atomic mass is 35.5. The van der Waals surface area contributed by atoms with Gasteiger partial charge in [0.2, 0.25) is 0 Å². The van der Waals surface area contributed by atoms with E-state index in [0.717, 1.165) is 12.3 Å². The van der Waals surface area contributed by atoms with E-state index in [4.69, 9.17) is 22.1 Å². The predicted molar refractivity (Wildman–Crippen MR) is 90.3 cm³/mol. The molecule has 0 aliphatic carbocycles. The summed E-state index contributed by atoms with van der Waals surface area (Å²) >= 11 is 5.62. The molecule has 1 unspecified atom stereocenters. The number of halogens is 4. The minimum absolute atomic E-state index is 0.00930. The molecule has 0 saturated carbocycles. The third-order valence-electron chi connectivity index (χ3n) is 3.48. The number of hydrogen-bond acceptors (Lipinski definition) is 4. The smallest absolute Gasteiger partial charge is 0.267 e. The van der Waals surface area contributed by atoms with Gasteiger partial charge in [0.25, 0.3) is 6.43 Å². The van der Waals surface area contributed by atoms with Gasteiger partial charge in [0, 0.05) is 17.8 Å². The molecule has 2 aromatic heterocycles. The molecule has 4 nitrogen and oxygen atoms in total. The third-order valence-corrected chi connectivity index (χ3v) is 3.75. The van der Waals surface area contributed by atoms with Gasteiger partial charge in [-0.2, -0.15) is 0 Å². The van der Waals surface area contributed by atoms with E-state index in [2.05, 4.69) is 9.97 Å². The highest BCUT2D eigenvalue weighted by Gasteiger charge is 2.19. The second-order valence-electron chi connectivity index (χ2n) is 6.07. The molecule has 0 aromatic carbocycles. The van der Waals surface area contributed by atoms with Crippen molar-refractivity contribution in [1.29, 1.82) is 0 Å². The van der Waals surface area contributed by atoms with Crippen molar-refractivity contribution in [3.8, 4) is 17.0 Å². The van der Waals surface area contributed by atoms with E-state index in [9.17, 15) is 13.2 Å². The highest BCUT2D eigenvalue weighted by Crippen LogP contribution is 2.33. The molecule has 0 aliphatic rings. The number of aromatic nitrogens is 2. The van der Waals surface area contributed by atoms with E-state index in [1.54, 1.807) is 0 Å². The summed E-state index contributed by atoms with van der Waals surface area (Å²) in [6.07, 6.45) is 0.321. The Hall–Kier alpha value is -1.86. The van der Waals surface area contributed by atoms with E-state index in [0.29, 0.717) is 12.3 Å². The molecule has 25 heavy (non-hydrogen) atoms. The Morgan fingerprint density at radius 2 is 2.00 bits per heavy atom. The number of rotatable bonds is 7. The van der Waals surface area contributed by atoms with Crippen LogP contribution in [0.3, 0.4) is 0 Å². The molecule has 136 valence electrons. The summed E-state index contributed by atoms with van der Waals surface area (Å²) in [6, 6.07) is 2.13. The van der Waals surface area contributed by atoms with Crippen LogP contribution < -0.4 is 10.5 Å². The molecule has 2 N–H and O–H groups in total. The van der Waals surface area contributed by atoms with Crippen molar-refractivity contribution < 1.29 is 17.9 Å². The third kappa shape index (κ3) is 5.06. The molecule has 2 heterocycles. The minimum Gasteiger partial charge on any atom is -0.490 e. The largest absolute Gasteiger partial charge is 0.490 e. The van der Waals surface area contributed by atoms with Gasteiger partial charge in [-0.05, 0) is 24.5 Å². The van der Waals surface area contributed by atoms with Crippen LogP contribution in [-0.4, -0.2) is 22.6 Å². The summed E-state index contributed by atoms with van der Waals surface area (Å²) in [7, 11) is 0. The minimum atomic E-state index is -2.81. The number of nitrogens with zero attached hydrogens (tertiary/aromatic N) is 2. The maximum absolute atomic E-state index is 14.0. The molecule has 8 heteroatoms. The maximum Gasteiger partial charge on any atom is 0.267 e. The number of nitrogens with two attached hydrogens (primary N) is 1. The van der Waals surface area contributed by atoms with Crippen LogP contribution in [0.5, 0.6) is 5.75 Å². The summed E-state index contributed by atoms with van der Waals surface area (Å²) in [6.45, 7) is 4.11. The SMILES string of the molecule is CC(C)CC(N)COc1cnc(-c2ccnc(Cl)c2F)cc1C(F)F. The van der Waals surface area contributed by atoms with E-state index in [1.807, 2.05) is 13.8 Å². The van der Waals surface area contributed by atoms with Crippen LogP contribution in [0.25, 0.3) is 11.3 Å². The topological polar surface area (TPSA) is 61.0 Å². The lowest BCUT2D eigenvalue weighted by atomic mass is 10.1. The van der Waals surface area contributed by atoms with Crippen molar-refractivity contribution in [1.82, 2.24) is 9.97 Å². The summed E-state index contributed by atoms with van der Waals surface area (Å²) < 4.78 is 46.2. The average molecular weight is 374 g/mol. The van der Waals surface area contributed by atoms with Crippen LogP contribution >= 0.6 is 11.6 Å². The Kier molecular flexibility index (Phi) is 6.61. The van der Waals surface area contributed by atoms with Gasteiger partial charge in [0.15, 0.2) is 11.0 Å². The van der Waals surface area contributed by atoms with E-state index < -0.39 is 12.2 Å². The molecule has 0 spiro atoms. The standard InChI is InChI=1S/C17H19ClF3N3O/c1-9(2)5-10(22)8-25-14-7-24-13(6-12(14)17(20)21)11-3-4-23-16(18)15(11)19/h3-4,6-7,9-10,17H,5,8,22H2,1-2H3. The molecule has 0 aliphatic heterocycles. The van der Waals surface area contributed by atoms with E-state index in [-0.39, 0.29) is 40.4 Å². The lowest BCUT2D eigenvalue weighted by Gasteiger charge is -2.17. The Morgan fingerprint density at radius 1 is 1.28 bits per heavy atom. The fourth-order valence-corrected chi connectivity index (χ4v) is 2.54. The fraction of sp³-hybridized carbons (Fsp3) is 0.412. The molecule has 2 rings (SSSR count). The van der Waals surface area contributed by atoms with Crippen molar-refractivity contribution in [2.45, 2.75) is 32.7 Å². The zero-order chi connectivity index (χ0) is 18.6. The molecule has 0 saturated heterocycles. The lowest BCUT2D eigenvalue weighted by Crippen LogP contribution is -2.29. The Bertz CT molecular complexity index is 728. The van der Waals surface area contributed by atoms with Crippen LogP contribution in [0.15, 0.2) is 24.5 Å². The fourth-order valence-electron chi connectivity index (χ4n) is 2.38. The van der Waals surface area contributed by atoms with Gasteiger partial charge in [-0.1, -0.05) is 25.4 Å². The molecular weight excluding hydrogens is 355 g/mol. The van der Waals surface area contributed by atoms with Crippen molar-refractivity contribution >= 4 is 11.6 Å². The van der Waals surface area contributed by atoms with Gasteiger partial charge in [-0.3, -0.25) is 4.98 Å². The Balaban J connectivity index is 2.27. The normalized spacial score (nSPS) is 12.7. The summed E-state index contributed by atoms with van der Waals surface area (Å²) in [5.74, 6) is -0.517. The van der Waals surface area contributed by atoms with Crippen molar-refractivity contribution in [3.63, 3.8) is 0 Å². The van der Waals surface area contributed by atoms with Gasteiger partial charge < -0.3 is 10.5 Å². The number of pyridine rings is 2. The second-order valence-corrected chi connectivity index (χ2v) is 6.43. The summed E-state index contributed by atoms with van der Waals surface area (Å²) in [4.78, 5) is 7.60. The first-order valence-corrected chi connectivity index (χ1v) is 8.14. The lowest BCUT2D eigenvalue weighted by molar-refractivity contribution is 0.143. The summed E-state index contributed by atoms with van der Waals surface area (Å²) in [5, 5.41) is -0.349. The van der Waals surface area contributed by atoms with Crippen LogP contribution in [0.4, 0.5) is 13.2 Å². The van der Waals surface area contributed by atoms with Crippen molar-refractivity contribution in [2.24, 2.45) is 11.7 Å². The Morgan fingerprint density at radius 3 is 2.64 bits per heavy atom. The number of alkyl halides is 2. The first-order valence-electron chi connectivity index (χ1n) is 7.76. The van der Waals surface area contributed by atoms with E-state index >= 15 is 0 Å². The first kappa shape index (κ1) is 19.5. The van der Waals surface area contributed by atoms with Gasteiger partial charge in [-0.15, -0.1) is 0 Å². The molecule has 0 amide bonds. The highest BCUT2D eigenvalue weighted by molar-refractivity contribution is 6.29. The molecule has 2 aromatic rings. The maximum atomic E-state index is 14.0. The van der Waals surface area contributed by atoms with Crippen molar-refractivity contribution in [3.05, 3.63) is 41.1 Å². The van der Waals surface area contributed by atoms with Crippen LogP contribution in [-0.2, 0) is 0 Å². The molecule has 0 radical (unpaired) electrons. The zero-order valence-electron chi connectivity index (χ0n) is 13.8. The number of ether oxygens (including phenoxy) is 1. The van der Waals surface area contributed by atoms with E-state index in [1.165, 1.54) is 12.3 Å². The van der Waals surface area contributed by atoms with Crippen LogP contribution in [0, 0.1) is 11.7 Å². The Labute approximate surface area is 149 Å². The van der Waals surface area contributed by atoms with Gasteiger partial charge in [-0.25, -0.2) is 18.2 Å². The van der Waals surface area contributed by atoms with Gasteiger partial charge >= 0.3 is 0 Å². The number of hydrogen-bond donors (Lipinski definition) is 1. The molecule has 0 bridgehead atoms. The zero-order valence-corrected chi connectivity index (χ0v) is 14.6. The van der Waals surface area contributed by atoms with Crippen LogP contribution in [0.2, 0.25) is 5.15 Å². The van der Waals surface area contributed by atoms with Crippen molar-refractivity contribution in [2.75, 3.05) is 6.61 Å². The van der Waals surface area contributed by atoms with Crippen LogP contribution in [0.1, 0.15) is 32.3 Å². The van der Waals surface area contributed by atoms with Gasteiger partial charge in [0.1, 0.15) is 12.4 Å². The molecular formula is C17H19ClF3N3O. The summed E-state index contributed by atoms with van der Waals surface area (Å²) in [5.41, 5.74) is 5.54. The first-order chi connectivity index (χ1) is 11.8. The molecule has 0 fully saturated rings. The van der Waals surface area contributed by atoms with Gasteiger partial charge in [0.05, 0.1) is 17.5 Å². The monoisotopic (exact) mass is 373 g/mol.